The van der Waals surface area contributed by atoms with Gasteiger partial charge >= 0.3 is 7.60 Å². The molecule has 0 aliphatic rings. The van der Waals surface area contributed by atoms with Gasteiger partial charge in [0.05, 0.1) is 6.33 Å². The van der Waals surface area contributed by atoms with E-state index in [1.54, 1.807) is 0 Å². The first-order valence-corrected chi connectivity index (χ1v) is 6.88. The van der Waals surface area contributed by atoms with Crippen LogP contribution in [-0.4, -0.2) is 35.2 Å². The van der Waals surface area contributed by atoms with E-state index in [0.717, 1.165) is 11.8 Å². The van der Waals surface area contributed by atoms with Crippen LogP contribution in [0.4, 0.5) is 5.82 Å². The Morgan fingerprint density at radius 3 is 2.94 bits per heavy atom. The number of H-pyrrole nitrogens is 1. The maximum absolute atomic E-state index is 10.7. The Bertz CT molecular complexity index is 566. The number of thioether (sulfide) groups is 1. The van der Waals surface area contributed by atoms with Crippen LogP contribution >= 0.6 is 19.4 Å². The van der Waals surface area contributed by atoms with Crippen molar-refractivity contribution in [2.75, 3.05) is 11.2 Å². The molecule has 0 atom stereocenters. The van der Waals surface area contributed by atoms with Crippen LogP contribution in [0.25, 0.3) is 11.2 Å². The molecule has 16 heavy (non-hydrogen) atoms. The van der Waals surface area contributed by atoms with Gasteiger partial charge in [-0.05, 0) is 0 Å². The summed E-state index contributed by atoms with van der Waals surface area (Å²) in [7, 11) is -4.08. The Hall–Kier alpha value is -1.15. The molecule has 0 saturated heterocycles. The molecule has 2 rings (SSSR count). The number of anilines is 1. The highest BCUT2D eigenvalue weighted by Crippen LogP contribution is 2.40. The molecule has 0 spiro atoms. The second-order valence-corrected chi connectivity index (χ2v) is 5.95. The summed E-state index contributed by atoms with van der Waals surface area (Å²) in [6.07, 6.45) is 1.42. The van der Waals surface area contributed by atoms with Crippen LogP contribution in [0, 0.1) is 0 Å². The third-order valence-corrected chi connectivity index (χ3v) is 3.96. The molecule has 0 aromatic carbocycles. The number of hydrogen-bond acceptors (Lipinski definition) is 6. The number of nitrogens with one attached hydrogen (secondary N) is 1. The maximum Gasteiger partial charge on any atom is 0.335 e. The van der Waals surface area contributed by atoms with Crippen molar-refractivity contribution in [1.29, 1.82) is 0 Å². The molecule has 86 valence electrons. The zero-order valence-corrected chi connectivity index (χ0v) is 9.57. The Balaban J connectivity index is 2.28. The second-order valence-electron chi connectivity index (χ2n) is 2.93. The number of nitrogens with zero attached hydrogens (tertiary/aromatic N) is 3. The molecule has 0 radical (unpaired) electrons. The van der Waals surface area contributed by atoms with E-state index in [1.165, 1.54) is 6.33 Å². The summed E-state index contributed by atoms with van der Waals surface area (Å²) in [4.78, 5) is 31.9. The Labute approximate surface area is 93.9 Å². The smallest absolute Gasteiger partial charge is 0.335 e. The van der Waals surface area contributed by atoms with Gasteiger partial charge in [0, 0.05) is 0 Å². The van der Waals surface area contributed by atoms with Crippen LogP contribution in [-0.2, 0) is 4.57 Å². The molecule has 10 heteroatoms. The summed E-state index contributed by atoms with van der Waals surface area (Å²) in [5, 5.41) is 0.195. The van der Waals surface area contributed by atoms with Crippen LogP contribution in [0.5, 0.6) is 0 Å². The first-order chi connectivity index (χ1) is 7.46. The quantitative estimate of drug-likeness (QED) is 0.348. The van der Waals surface area contributed by atoms with Crippen LogP contribution in [0.2, 0.25) is 0 Å². The number of nitrogen functional groups attached to an aromatic ring is 1. The minimum atomic E-state index is -4.08. The fourth-order valence-electron chi connectivity index (χ4n) is 1.04. The lowest BCUT2D eigenvalue weighted by Crippen LogP contribution is -1.97. The molecule has 0 bridgehead atoms. The fourth-order valence-corrected chi connectivity index (χ4v) is 2.49. The van der Waals surface area contributed by atoms with Gasteiger partial charge < -0.3 is 20.5 Å². The molecule has 2 aromatic heterocycles. The molecule has 0 amide bonds. The third-order valence-electron chi connectivity index (χ3n) is 1.65. The predicted octanol–water partition coefficient (Wildman–Crippen LogP) is 0.162. The summed E-state index contributed by atoms with van der Waals surface area (Å²) in [6, 6.07) is 0. The summed E-state index contributed by atoms with van der Waals surface area (Å²) in [5.41, 5.74) is 6.11. The zero-order chi connectivity index (χ0) is 11.8. The minimum Gasteiger partial charge on any atom is -0.382 e. The number of imidazole rings is 1. The number of aromatic amines is 1. The molecule has 8 nitrogen and oxygen atoms in total. The number of hydrogen-bond donors (Lipinski definition) is 4. The molecule has 0 saturated carbocycles. The average Bonchev–Trinajstić information content (AvgIpc) is 2.62. The molecule has 2 aromatic rings. The largest absolute Gasteiger partial charge is 0.382 e. The monoisotopic (exact) mass is 261 g/mol. The summed E-state index contributed by atoms with van der Waals surface area (Å²) in [6.45, 7) is 0. The van der Waals surface area contributed by atoms with E-state index in [4.69, 9.17) is 15.5 Å². The van der Waals surface area contributed by atoms with Crippen LogP contribution in [0.3, 0.4) is 0 Å². The highest BCUT2D eigenvalue weighted by atomic mass is 32.2. The van der Waals surface area contributed by atoms with Crippen molar-refractivity contribution in [2.45, 2.75) is 5.16 Å². The van der Waals surface area contributed by atoms with Crippen molar-refractivity contribution in [3.8, 4) is 0 Å². The number of aromatic nitrogens is 4. The SMILES string of the molecule is Nc1nc(SCP(=O)(O)O)nc2nc[nH]c12. The average molecular weight is 261 g/mol. The zero-order valence-electron chi connectivity index (χ0n) is 7.86. The first-order valence-electron chi connectivity index (χ1n) is 4.10. The lowest BCUT2D eigenvalue weighted by Gasteiger charge is -2.03. The molecular weight excluding hydrogens is 253 g/mol. The minimum absolute atomic E-state index is 0.195. The fraction of sp³-hybridized carbons (Fsp3) is 0.167. The Morgan fingerprint density at radius 1 is 1.50 bits per heavy atom. The number of fused-ring (bicyclic) bond motifs is 1. The van der Waals surface area contributed by atoms with Gasteiger partial charge in [-0.15, -0.1) is 0 Å². The van der Waals surface area contributed by atoms with Crippen molar-refractivity contribution in [2.24, 2.45) is 0 Å². The summed E-state index contributed by atoms with van der Waals surface area (Å²) >= 11 is 0.841. The highest BCUT2D eigenvalue weighted by molar-refractivity contribution is 8.04. The van der Waals surface area contributed by atoms with E-state index in [1.807, 2.05) is 0 Å². The molecule has 0 unspecified atom stereocenters. The highest BCUT2D eigenvalue weighted by Gasteiger charge is 2.15. The van der Waals surface area contributed by atoms with Crippen molar-refractivity contribution in [3.05, 3.63) is 6.33 Å². The Kier molecular flexibility index (Phi) is 2.85. The van der Waals surface area contributed by atoms with Crippen LogP contribution < -0.4 is 5.73 Å². The number of nitrogens with two attached hydrogens (primary N) is 1. The van der Waals surface area contributed by atoms with Crippen molar-refractivity contribution >= 4 is 36.3 Å². The lowest BCUT2D eigenvalue weighted by molar-refractivity contribution is 0.379. The van der Waals surface area contributed by atoms with E-state index in [0.29, 0.717) is 11.2 Å². The van der Waals surface area contributed by atoms with Crippen molar-refractivity contribution in [3.63, 3.8) is 0 Å². The normalized spacial score (nSPS) is 12.1. The van der Waals surface area contributed by atoms with E-state index in [2.05, 4.69) is 19.9 Å². The van der Waals surface area contributed by atoms with E-state index >= 15 is 0 Å². The second kappa shape index (κ2) is 4.02. The van der Waals surface area contributed by atoms with Gasteiger partial charge in [-0.2, -0.15) is 0 Å². The van der Waals surface area contributed by atoms with Gasteiger partial charge in [-0.3, -0.25) is 4.57 Å². The molecule has 2 heterocycles. The lowest BCUT2D eigenvalue weighted by atomic mass is 10.5. The molecule has 0 aliphatic heterocycles. The van der Waals surface area contributed by atoms with E-state index < -0.39 is 7.60 Å². The van der Waals surface area contributed by atoms with E-state index in [9.17, 15) is 4.57 Å². The van der Waals surface area contributed by atoms with E-state index in [-0.39, 0.29) is 16.5 Å². The van der Waals surface area contributed by atoms with Gasteiger partial charge in [0.15, 0.2) is 16.6 Å². The molecule has 0 fully saturated rings. The molecule has 0 aliphatic carbocycles. The number of rotatable bonds is 3. The van der Waals surface area contributed by atoms with Gasteiger partial charge in [-0.1, -0.05) is 11.8 Å². The molecule has 5 N–H and O–H groups in total. The standard InChI is InChI=1S/C6H8N5O3PS/c7-4-3-5(9-1-8-3)11-6(10-4)16-2-15(12,13)14/h1H,2H2,(H2,12,13,14)(H3,7,8,9,10,11). The van der Waals surface area contributed by atoms with Gasteiger partial charge in [-0.25, -0.2) is 15.0 Å². The topological polar surface area (TPSA) is 138 Å². The maximum atomic E-state index is 10.7. The summed E-state index contributed by atoms with van der Waals surface area (Å²) < 4.78 is 10.7. The van der Waals surface area contributed by atoms with Crippen molar-refractivity contribution in [1.82, 2.24) is 19.9 Å². The van der Waals surface area contributed by atoms with Gasteiger partial charge in [0.1, 0.15) is 11.0 Å². The predicted molar refractivity (Wildman–Crippen MR) is 58.9 cm³/mol. The summed E-state index contributed by atoms with van der Waals surface area (Å²) in [5.74, 6) is 0.204. The Morgan fingerprint density at radius 2 is 2.25 bits per heavy atom. The van der Waals surface area contributed by atoms with Gasteiger partial charge in [0.25, 0.3) is 0 Å². The molecular formula is C6H8N5O3PS. The van der Waals surface area contributed by atoms with Crippen molar-refractivity contribution < 1.29 is 14.4 Å². The first kappa shape index (κ1) is 11.3. The van der Waals surface area contributed by atoms with Crippen LogP contribution in [0.15, 0.2) is 11.5 Å². The van der Waals surface area contributed by atoms with Gasteiger partial charge in [0.2, 0.25) is 0 Å². The third kappa shape index (κ3) is 2.50. The van der Waals surface area contributed by atoms with Crippen LogP contribution in [0.1, 0.15) is 0 Å².